The highest BCUT2D eigenvalue weighted by Crippen LogP contribution is 2.23. The van der Waals surface area contributed by atoms with Crippen LogP contribution in [0.2, 0.25) is 0 Å². The molecule has 0 atom stereocenters. The highest BCUT2D eigenvalue weighted by Gasteiger charge is 2.13. The first-order valence-corrected chi connectivity index (χ1v) is 8.05. The Bertz CT molecular complexity index is 770. The molecule has 0 saturated carbocycles. The summed E-state index contributed by atoms with van der Waals surface area (Å²) in [5.74, 6) is 0.551. The minimum atomic E-state index is -0.167. The lowest BCUT2D eigenvalue weighted by molar-refractivity contribution is 0.0951. The van der Waals surface area contributed by atoms with Gasteiger partial charge in [0.25, 0.3) is 5.91 Å². The summed E-state index contributed by atoms with van der Waals surface area (Å²) in [6, 6.07) is 7.57. The van der Waals surface area contributed by atoms with Gasteiger partial charge in [-0.25, -0.2) is 4.68 Å². The molecule has 2 heterocycles. The van der Waals surface area contributed by atoms with E-state index in [0.29, 0.717) is 12.2 Å². The molecule has 3 rings (SSSR count). The first kappa shape index (κ1) is 19.0. The van der Waals surface area contributed by atoms with Crippen LogP contribution in [-0.4, -0.2) is 42.4 Å². The zero-order valence-electron chi connectivity index (χ0n) is 14.4. The van der Waals surface area contributed by atoms with Gasteiger partial charge >= 0.3 is 0 Å². The van der Waals surface area contributed by atoms with Crippen LogP contribution in [0.15, 0.2) is 42.1 Å². The summed E-state index contributed by atoms with van der Waals surface area (Å²) in [5.41, 5.74) is 3.57. The van der Waals surface area contributed by atoms with Crippen molar-refractivity contribution in [2.45, 2.75) is 13.3 Å². The summed E-state index contributed by atoms with van der Waals surface area (Å²) in [6.07, 6.45) is 4.87. The summed E-state index contributed by atoms with van der Waals surface area (Å²) < 4.78 is 7.05. The van der Waals surface area contributed by atoms with Crippen molar-refractivity contribution in [1.82, 2.24) is 20.4 Å². The van der Waals surface area contributed by atoms with Gasteiger partial charge in [0.2, 0.25) is 0 Å². The number of hydrogen-bond acceptors (Lipinski definition) is 4. The topological polar surface area (TPSA) is 68.2 Å². The Morgan fingerprint density at radius 1 is 1.40 bits per heavy atom. The third-order valence-electron chi connectivity index (χ3n) is 4.04. The number of rotatable bonds is 5. The molecule has 1 aromatic carbocycles. The molecule has 134 valence electrons. The van der Waals surface area contributed by atoms with E-state index in [4.69, 9.17) is 4.74 Å². The lowest BCUT2D eigenvalue weighted by Crippen LogP contribution is -2.29. The molecular formula is C18H23ClN4O2. The quantitative estimate of drug-likeness (QED) is 0.800. The number of benzene rings is 1. The van der Waals surface area contributed by atoms with Crippen LogP contribution >= 0.6 is 12.4 Å². The molecule has 2 N–H and O–H groups in total. The number of aryl methyl sites for hydroxylation is 1. The number of nitrogens with one attached hydrogen (secondary N) is 2. The number of nitrogens with zero attached hydrogens (tertiary/aromatic N) is 2. The van der Waals surface area contributed by atoms with Crippen molar-refractivity contribution < 1.29 is 9.53 Å². The van der Waals surface area contributed by atoms with Gasteiger partial charge in [0, 0.05) is 19.3 Å². The summed E-state index contributed by atoms with van der Waals surface area (Å²) in [7, 11) is 1.62. The fraction of sp³-hybridized carbons (Fsp3) is 0.333. The molecule has 7 heteroatoms. The van der Waals surface area contributed by atoms with E-state index in [1.807, 2.05) is 25.1 Å². The van der Waals surface area contributed by atoms with E-state index in [2.05, 4.69) is 21.8 Å². The van der Waals surface area contributed by atoms with Gasteiger partial charge in [0.05, 0.1) is 7.11 Å². The molecule has 2 aromatic rings. The predicted molar refractivity (Wildman–Crippen MR) is 100 cm³/mol. The van der Waals surface area contributed by atoms with Crippen LogP contribution in [-0.2, 0) is 0 Å². The monoisotopic (exact) mass is 362 g/mol. The van der Waals surface area contributed by atoms with Gasteiger partial charge in [-0.3, -0.25) is 4.79 Å². The Kier molecular flexibility index (Phi) is 6.61. The highest BCUT2D eigenvalue weighted by atomic mass is 35.5. The molecule has 1 amide bonds. The minimum absolute atomic E-state index is 0. The van der Waals surface area contributed by atoms with Crippen molar-refractivity contribution in [3.8, 4) is 11.4 Å². The summed E-state index contributed by atoms with van der Waals surface area (Å²) in [4.78, 5) is 12.3. The van der Waals surface area contributed by atoms with E-state index in [-0.39, 0.29) is 18.3 Å². The molecule has 1 aliphatic heterocycles. The van der Waals surface area contributed by atoms with Gasteiger partial charge < -0.3 is 15.4 Å². The fourth-order valence-electron chi connectivity index (χ4n) is 2.67. The number of hydrogen-bond donors (Lipinski definition) is 2. The van der Waals surface area contributed by atoms with E-state index < -0.39 is 0 Å². The molecule has 1 aliphatic rings. The smallest absolute Gasteiger partial charge is 0.272 e. The maximum atomic E-state index is 12.3. The van der Waals surface area contributed by atoms with Gasteiger partial charge in [0.1, 0.15) is 11.4 Å². The van der Waals surface area contributed by atoms with Gasteiger partial charge in [0.15, 0.2) is 5.69 Å². The van der Waals surface area contributed by atoms with Crippen LogP contribution in [0.5, 0.6) is 5.75 Å². The molecule has 0 spiro atoms. The van der Waals surface area contributed by atoms with Crippen LogP contribution in [0.3, 0.4) is 0 Å². The number of aromatic nitrogens is 2. The van der Waals surface area contributed by atoms with E-state index in [0.717, 1.165) is 36.5 Å². The standard InChI is InChI=1S/C18H22N4O2.ClH/c1-13-3-4-17(24-2)16(11-13)22-10-7-15(21-22)18(23)20-12-14-5-8-19-9-6-14;/h3-5,7,10-11,19H,6,8-9,12H2,1-2H3,(H,20,23);1H. The molecule has 0 unspecified atom stereocenters. The number of halogens is 1. The van der Waals surface area contributed by atoms with Crippen molar-refractivity contribution in [2.24, 2.45) is 0 Å². The minimum Gasteiger partial charge on any atom is -0.494 e. The number of amides is 1. The largest absolute Gasteiger partial charge is 0.494 e. The van der Waals surface area contributed by atoms with Crippen LogP contribution in [0.25, 0.3) is 5.69 Å². The maximum Gasteiger partial charge on any atom is 0.272 e. The van der Waals surface area contributed by atoms with Crippen molar-refractivity contribution in [3.05, 3.63) is 53.4 Å². The van der Waals surface area contributed by atoms with Crippen LogP contribution < -0.4 is 15.4 Å². The normalized spacial score (nSPS) is 13.6. The first-order valence-electron chi connectivity index (χ1n) is 8.05. The lowest BCUT2D eigenvalue weighted by Gasteiger charge is -2.14. The van der Waals surface area contributed by atoms with Crippen molar-refractivity contribution >= 4 is 18.3 Å². The number of ether oxygens (including phenoxy) is 1. The zero-order valence-corrected chi connectivity index (χ0v) is 15.2. The highest BCUT2D eigenvalue weighted by molar-refractivity contribution is 5.92. The van der Waals surface area contributed by atoms with Crippen molar-refractivity contribution in [1.29, 1.82) is 0 Å². The van der Waals surface area contributed by atoms with Crippen LogP contribution in [0, 0.1) is 6.92 Å². The Balaban J connectivity index is 0.00000225. The second kappa shape index (κ2) is 8.69. The van der Waals surface area contributed by atoms with E-state index in [1.54, 1.807) is 24.1 Å². The van der Waals surface area contributed by atoms with Gasteiger partial charge in [-0.15, -0.1) is 12.4 Å². The molecule has 0 fully saturated rings. The molecule has 0 saturated heterocycles. The van der Waals surface area contributed by atoms with Gasteiger partial charge in [-0.2, -0.15) is 5.10 Å². The fourth-order valence-corrected chi connectivity index (χ4v) is 2.67. The maximum absolute atomic E-state index is 12.3. The number of carbonyl (C=O) groups excluding carboxylic acids is 1. The van der Waals surface area contributed by atoms with Gasteiger partial charge in [-0.05, 0) is 43.7 Å². The van der Waals surface area contributed by atoms with E-state index in [9.17, 15) is 4.79 Å². The van der Waals surface area contributed by atoms with E-state index in [1.165, 1.54) is 5.57 Å². The van der Waals surface area contributed by atoms with Crippen LogP contribution in [0.4, 0.5) is 0 Å². The molecule has 1 aromatic heterocycles. The second-order valence-electron chi connectivity index (χ2n) is 5.82. The molecular weight excluding hydrogens is 340 g/mol. The SMILES string of the molecule is COc1ccc(C)cc1-n1ccc(C(=O)NCC2=CCNCC2)n1.Cl. The predicted octanol–water partition coefficient (Wildman–Crippen LogP) is 2.26. The zero-order chi connectivity index (χ0) is 16.9. The summed E-state index contributed by atoms with van der Waals surface area (Å²) in [6.45, 7) is 4.41. The molecule has 25 heavy (non-hydrogen) atoms. The van der Waals surface area contributed by atoms with Gasteiger partial charge in [-0.1, -0.05) is 17.7 Å². The Labute approximate surface area is 153 Å². The number of carbonyl (C=O) groups is 1. The molecule has 0 radical (unpaired) electrons. The summed E-state index contributed by atoms with van der Waals surface area (Å²) >= 11 is 0. The Hall–Kier alpha value is -2.31. The van der Waals surface area contributed by atoms with Crippen molar-refractivity contribution in [3.63, 3.8) is 0 Å². The Morgan fingerprint density at radius 3 is 2.96 bits per heavy atom. The average Bonchev–Trinajstić information content (AvgIpc) is 3.10. The van der Waals surface area contributed by atoms with Crippen molar-refractivity contribution in [2.75, 3.05) is 26.7 Å². The Morgan fingerprint density at radius 2 is 2.24 bits per heavy atom. The lowest BCUT2D eigenvalue weighted by atomic mass is 10.1. The molecule has 6 nitrogen and oxygen atoms in total. The summed E-state index contributed by atoms with van der Waals surface area (Å²) in [5, 5.41) is 10.6. The van der Waals surface area contributed by atoms with E-state index >= 15 is 0 Å². The second-order valence-corrected chi connectivity index (χ2v) is 5.82. The third-order valence-corrected chi connectivity index (χ3v) is 4.04. The first-order chi connectivity index (χ1) is 11.7. The van der Waals surface area contributed by atoms with Crippen LogP contribution in [0.1, 0.15) is 22.5 Å². The average molecular weight is 363 g/mol. The third kappa shape index (κ3) is 4.61. The molecule has 0 bridgehead atoms. The number of methoxy groups -OCH3 is 1. The molecule has 0 aliphatic carbocycles.